The maximum Gasteiger partial charge on any atom is 0.319 e. The minimum atomic E-state index is -0.497. The Bertz CT molecular complexity index is 845. The van der Waals surface area contributed by atoms with E-state index in [1.807, 2.05) is 31.2 Å². The van der Waals surface area contributed by atoms with Crippen LogP contribution >= 0.6 is 0 Å². The second-order valence-electron chi connectivity index (χ2n) is 6.51. The summed E-state index contributed by atoms with van der Waals surface area (Å²) in [7, 11) is 0. The van der Waals surface area contributed by atoms with Gasteiger partial charge in [-0.25, -0.2) is 4.79 Å². The van der Waals surface area contributed by atoms with Crippen molar-refractivity contribution in [3.05, 3.63) is 64.2 Å². The molecule has 1 atom stereocenters. The third kappa shape index (κ3) is 5.04. The van der Waals surface area contributed by atoms with Crippen molar-refractivity contribution < 1.29 is 14.5 Å². The van der Waals surface area contributed by atoms with Gasteiger partial charge in [-0.3, -0.25) is 14.9 Å². The number of carbonyl (C=O) groups is 2. The van der Waals surface area contributed by atoms with Crippen LogP contribution in [0, 0.1) is 16.0 Å². The number of nitrogens with one attached hydrogen (secondary N) is 3. The lowest BCUT2D eigenvalue weighted by atomic mass is 10.1. The van der Waals surface area contributed by atoms with Crippen LogP contribution in [0.1, 0.15) is 31.4 Å². The maximum atomic E-state index is 12.1. The summed E-state index contributed by atoms with van der Waals surface area (Å²) in [6.45, 7) is 1.84. The summed E-state index contributed by atoms with van der Waals surface area (Å²) in [6.07, 6.45) is 1.91. The van der Waals surface area contributed by atoms with Gasteiger partial charge in [-0.2, -0.15) is 0 Å². The minimum absolute atomic E-state index is 0.0387. The van der Waals surface area contributed by atoms with Crippen molar-refractivity contribution in [2.24, 2.45) is 5.92 Å². The summed E-state index contributed by atoms with van der Waals surface area (Å²) >= 11 is 0. The van der Waals surface area contributed by atoms with Crippen LogP contribution in [0.5, 0.6) is 0 Å². The highest BCUT2D eigenvalue weighted by Crippen LogP contribution is 2.30. The number of rotatable bonds is 6. The highest BCUT2D eigenvalue weighted by molar-refractivity contribution is 5.94. The first kappa shape index (κ1) is 18.4. The van der Waals surface area contributed by atoms with Crippen molar-refractivity contribution in [2.75, 3.05) is 10.6 Å². The molecule has 0 spiro atoms. The second-order valence-corrected chi connectivity index (χ2v) is 6.51. The van der Waals surface area contributed by atoms with Crippen LogP contribution < -0.4 is 16.0 Å². The van der Waals surface area contributed by atoms with Crippen LogP contribution in [0.2, 0.25) is 0 Å². The van der Waals surface area contributed by atoms with Crippen molar-refractivity contribution in [3.8, 4) is 0 Å². The number of amides is 3. The Kier molecular flexibility index (Phi) is 5.35. The molecule has 3 amide bonds. The van der Waals surface area contributed by atoms with E-state index in [0.717, 1.165) is 24.1 Å². The van der Waals surface area contributed by atoms with Crippen LogP contribution in [-0.2, 0) is 4.79 Å². The SMILES string of the molecule is CC(NC(=O)Nc1ccc([N+](=O)[O-])cc1)c1ccc(NC(=O)C2CC2)cc1. The van der Waals surface area contributed by atoms with E-state index in [1.54, 1.807) is 0 Å². The molecular weight excluding hydrogens is 348 g/mol. The van der Waals surface area contributed by atoms with Gasteiger partial charge in [0.1, 0.15) is 0 Å². The Labute approximate surface area is 156 Å². The van der Waals surface area contributed by atoms with E-state index < -0.39 is 11.0 Å². The van der Waals surface area contributed by atoms with E-state index >= 15 is 0 Å². The lowest BCUT2D eigenvalue weighted by molar-refractivity contribution is -0.384. The molecule has 1 aliphatic rings. The molecule has 0 saturated heterocycles. The third-order valence-electron chi connectivity index (χ3n) is 4.31. The lowest BCUT2D eigenvalue weighted by Crippen LogP contribution is -2.31. The number of urea groups is 1. The summed E-state index contributed by atoms with van der Waals surface area (Å²) in [4.78, 5) is 34.0. The molecule has 8 nitrogen and oxygen atoms in total. The Morgan fingerprint density at radius 3 is 2.11 bits per heavy atom. The summed E-state index contributed by atoms with van der Waals surface area (Å²) in [6, 6.07) is 12.2. The molecule has 2 aromatic carbocycles. The van der Waals surface area contributed by atoms with Crippen LogP contribution in [0.3, 0.4) is 0 Å². The molecule has 1 aliphatic carbocycles. The first-order valence-corrected chi connectivity index (χ1v) is 8.65. The fourth-order valence-corrected chi connectivity index (χ4v) is 2.56. The molecule has 1 unspecified atom stereocenters. The van der Waals surface area contributed by atoms with E-state index in [2.05, 4.69) is 16.0 Å². The molecule has 1 saturated carbocycles. The number of carbonyl (C=O) groups excluding carboxylic acids is 2. The molecule has 8 heteroatoms. The molecule has 1 fully saturated rings. The zero-order chi connectivity index (χ0) is 19.4. The average Bonchev–Trinajstić information content (AvgIpc) is 3.48. The van der Waals surface area contributed by atoms with Gasteiger partial charge < -0.3 is 16.0 Å². The van der Waals surface area contributed by atoms with Crippen molar-refractivity contribution in [1.82, 2.24) is 5.32 Å². The number of benzene rings is 2. The van der Waals surface area contributed by atoms with Crippen molar-refractivity contribution >= 4 is 29.0 Å². The van der Waals surface area contributed by atoms with Crippen molar-refractivity contribution in [3.63, 3.8) is 0 Å². The van der Waals surface area contributed by atoms with Crippen LogP contribution in [-0.4, -0.2) is 16.9 Å². The summed E-state index contributed by atoms with van der Waals surface area (Å²) in [5, 5.41) is 18.9. The monoisotopic (exact) mass is 368 g/mol. The number of hydrogen-bond donors (Lipinski definition) is 3. The van der Waals surface area contributed by atoms with E-state index in [4.69, 9.17) is 0 Å². The smallest absolute Gasteiger partial charge is 0.319 e. The van der Waals surface area contributed by atoms with Gasteiger partial charge in [0.15, 0.2) is 0 Å². The molecule has 3 rings (SSSR count). The van der Waals surface area contributed by atoms with Crippen molar-refractivity contribution in [2.45, 2.75) is 25.8 Å². The van der Waals surface area contributed by atoms with Gasteiger partial charge in [-0.15, -0.1) is 0 Å². The molecule has 140 valence electrons. The molecule has 3 N–H and O–H groups in total. The Morgan fingerprint density at radius 1 is 1.00 bits per heavy atom. The molecular formula is C19H20N4O4. The van der Waals surface area contributed by atoms with Gasteiger partial charge >= 0.3 is 6.03 Å². The van der Waals surface area contributed by atoms with Gasteiger partial charge in [0, 0.05) is 29.4 Å². The fraction of sp³-hybridized carbons (Fsp3) is 0.263. The predicted molar refractivity (Wildman–Crippen MR) is 101 cm³/mol. The van der Waals surface area contributed by atoms with Gasteiger partial charge in [-0.05, 0) is 49.6 Å². The number of anilines is 2. The normalized spacial score (nSPS) is 14.1. The number of nitrogens with zero attached hydrogens (tertiary/aromatic N) is 1. The molecule has 0 radical (unpaired) electrons. The quantitative estimate of drug-likeness (QED) is 0.531. The van der Waals surface area contributed by atoms with Gasteiger partial charge in [0.25, 0.3) is 5.69 Å². The van der Waals surface area contributed by atoms with Crippen molar-refractivity contribution in [1.29, 1.82) is 0 Å². The van der Waals surface area contributed by atoms with E-state index in [1.165, 1.54) is 24.3 Å². The zero-order valence-corrected chi connectivity index (χ0v) is 14.8. The molecule has 0 aliphatic heterocycles. The fourth-order valence-electron chi connectivity index (χ4n) is 2.56. The number of nitro benzene ring substituents is 1. The van der Waals surface area contributed by atoms with Crippen LogP contribution in [0.25, 0.3) is 0 Å². The second kappa shape index (κ2) is 7.86. The Morgan fingerprint density at radius 2 is 1.56 bits per heavy atom. The molecule has 0 heterocycles. The summed E-state index contributed by atoms with van der Waals surface area (Å²) in [5.74, 6) is 0.199. The largest absolute Gasteiger partial charge is 0.331 e. The Hall–Kier alpha value is -3.42. The van der Waals surface area contributed by atoms with Crippen LogP contribution in [0.4, 0.5) is 21.9 Å². The van der Waals surface area contributed by atoms with E-state index in [-0.39, 0.29) is 23.6 Å². The molecule has 0 bridgehead atoms. The maximum absolute atomic E-state index is 12.1. The highest BCUT2D eigenvalue weighted by atomic mass is 16.6. The Balaban J connectivity index is 1.52. The van der Waals surface area contributed by atoms with E-state index in [9.17, 15) is 19.7 Å². The lowest BCUT2D eigenvalue weighted by Gasteiger charge is -2.15. The average molecular weight is 368 g/mol. The zero-order valence-electron chi connectivity index (χ0n) is 14.8. The first-order chi connectivity index (χ1) is 12.9. The van der Waals surface area contributed by atoms with Crippen LogP contribution in [0.15, 0.2) is 48.5 Å². The third-order valence-corrected chi connectivity index (χ3v) is 4.31. The topological polar surface area (TPSA) is 113 Å². The van der Waals surface area contributed by atoms with Gasteiger partial charge in [0.2, 0.25) is 5.91 Å². The van der Waals surface area contributed by atoms with Gasteiger partial charge in [0.05, 0.1) is 11.0 Å². The number of nitro groups is 1. The molecule has 27 heavy (non-hydrogen) atoms. The first-order valence-electron chi connectivity index (χ1n) is 8.65. The summed E-state index contributed by atoms with van der Waals surface area (Å²) in [5.41, 5.74) is 2.04. The predicted octanol–water partition coefficient (Wildman–Crippen LogP) is 3.83. The van der Waals surface area contributed by atoms with Gasteiger partial charge in [-0.1, -0.05) is 12.1 Å². The highest BCUT2D eigenvalue weighted by Gasteiger charge is 2.29. The standard InChI is InChI=1S/C19H20N4O4/c1-12(13-4-6-15(7-5-13)21-18(24)14-2-3-14)20-19(25)22-16-8-10-17(11-9-16)23(26)27/h4-12,14H,2-3H2,1H3,(H,21,24)(H2,20,22,25). The molecule has 2 aromatic rings. The number of hydrogen-bond acceptors (Lipinski definition) is 4. The number of non-ortho nitro benzene ring substituents is 1. The summed E-state index contributed by atoms with van der Waals surface area (Å²) < 4.78 is 0. The minimum Gasteiger partial charge on any atom is -0.331 e. The van der Waals surface area contributed by atoms with E-state index in [0.29, 0.717) is 5.69 Å². The molecule has 0 aromatic heterocycles.